The van der Waals surface area contributed by atoms with Crippen molar-refractivity contribution in [1.82, 2.24) is 25.2 Å². The van der Waals surface area contributed by atoms with Crippen LogP contribution in [0.1, 0.15) is 47.9 Å². The standard InChI is InChI=1S/C28H36Cl2N6O2/c1-3-7-25-27(32-33-36(25)20-21-10-12-22(38-2)13-11-21)28(37)31-14-4-5-15-34-16-18-35(19-17-34)24-9-6-8-23(29)26(24)30/h6,8-13H,3-5,7,14-20H2,1-2H3,(H,31,37). The number of hydrogen-bond donors (Lipinski definition) is 1. The summed E-state index contributed by atoms with van der Waals surface area (Å²) in [4.78, 5) is 17.6. The number of anilines is 1. The van der Waals surface area contributed by atoms with Gasteiger partial charge in [-0.2, -0.15) is 0 Å². The highest BCUT2D eigenvalue weighted by atomic mass is 35.5. The number of piperazine rings is 1. The highest BCUT2D eigenvalue weighted by Gasteiger charge is 2.21. The highest BCUT2D eigenvalue weighted by molar-refractivity contribution is 6.43. The van der Waals surface area contributed by atoms with Crippen LogP contribution in [0, 0.1) is 0 Å². The quantitative estimate of drug-likeness (QED) is 0.318. The number of hydrogen-bond acceptors (Lipinski definition) is 6. The number of rotatable bonds is 12. The van der Waals surface area contributed by atoms with E-state index in [2.05, 4.69) is 32.4 Å². The Morgan fingerprint density at radius 2 is 1.82 bits per heavy atom. The molecular formula is C28H36Cl2N6O2. The molecule has 1 aliphatic rings. The van der Waals surface area contributed by atoms with Crippen molar-refractivity contribution in [2.24, 2.45) is 0 Å². The zero-order valence-electron chi connectivity index (χ0n) is 22.1. The Bertz CT molecular complexity index is 1190. The van der Waals surface area contributed by atoms with Gasteiger partial charge in [0.25, 0.3) is 5.91 Å². The number of unbranched alkanes of at least 4 members (excludes halogenated alkanes) is 1. The van der Waals surface area contributed by atoms with E-state index < -0.39 is 0 Å². The maximum atomic E-state index is 12.9. The third-order valence-corrected chi connectivity index (χ3v) is 7.67. The van der Waals surface area contributed by atoms with Crippen LogP contribution in [0.3, 0.4) is 0 Å². The summed E-state index contributed by atoms with van der Waals surface area (Å²) in [6.07, 6.45) is 3.59. The van der Waals surface area contributed by atoms with Crippen molar-refractivity contribution in [3.8, 4) is 5.75 Å². The first kappa shape index (κ1) is 28.2. The molecule has 38 heavy (non-hydrogen) atoms. The second kappa shape index (κ2) is 13.8. The van der Waals surface area contributed by atoms with Gasteiger partial charge in [-0.25, -0.2) is 4.68 Å². The molecule has 2 aromatic carbocycles. The van der Waals surface area contributed by atoms with Gasteiger partial charge in [0.1, 0.15) is 5.75 Å². The van der Waals surface area contributed by atoms with E-state index in [1.807, 2.05) is 47.1 Å². The van der Waals surface area contributed by atoms with Crippen LogP contribution >= 0.6 is 23.2 Å². The van der Waals surface area contributed by atoms with Crippen molar-refractivity contribution in [2.45, 2.75) is 39.2 Å². The minimum absolute atomic E-state index is 0.151. The SMILES string of the molecule is CCCc1c(C(=O)NCCCCN2CCN(c3cccc(Cl)c3Cl)CC2)nnn1Cc1ccc(OC)cc1. The average molecular weight is 560 g/mol. The summed E-state index contributed by atoms with van der Waals surface area (Å²) in [7, 11) is 1.65. The van der Waals surface area contributed by atoms with Crippen LogP contribution in [0.15, 0.2) is 42.5 Å². The molecule has 0 bridgehead atoms. The van der Waals surface area contributed by atoms with Gasteiger partial charge in [0.05, 0.1) is 35.1 Å². The number of aromatic nitrogens is 3. The molecule has 3 aromatic rings. The molecule has 4 rings (SSSR count). The molecule has 1 aromatic heterocycles. The molecule has 0 radical (unpaired) electrons. The molecule has 10 heteroatoms. The molecule has 0 aliphatic carbocycles. The lowest BCUT2D eigenvalue weighted by atomic mass is 10.1. The Balaban J connectivity index is 1.20. The number of ether oxygens (including phenoxy) is 1. The maximum absolute atomic E-state index is 12.9. The van der Waals surface area contributed by atoms with Crippen LogP contribution < -0.4 is 15.0 Å². The molecular weight excluding hydrogens is 523 g/mol. The molecule has 1 saturated heterocycles. The highest BCUT2D eigenvalue weighted by Crippen LogP contribution is 2.32. The lowest BCUT2D eigenvalue weighted by Gasteiger charge is -2.36. The van der Waals surface area contributed by atoms with E-state index >= 15 is 0 Å². The number of carbonyl (C=O) groups excluding carboxylic acids is 1. The van der Waals surface area contributed by atoms with Gasteiger partial charge in [-0.15, -0.1) is 5.10 Å². The largest absolute Gasteiger partial charge is 0.497 e. The number of amides is 1. The second-order valence-corrected chi connectivity index (χ2v) is 10.3. The first-order chi connectivity index (χ1) is 18.5. The molecule has 0 unspecified atom stereocenters. The van der Waals surface area contributed by atoms with E-state index in [9.17, 15) is 4.79 Å². The molecule has 1 N–H and O–H groups in total. The van der Waals surface area contributed by atoms with Crippen molar-refractivity contribution < 1.29 is 9.53 Å². The lowest BCUT2D eigenvalue weighted by Crippen LogP contribution is -2.46. The Morgan fingerprint density at radius 3 is 2.53 bits per heavy atom. The molecule has 1 aliphatic heterocycles. The van der Waals surface area contributed by atoms with E-state index in [-0.39, 0.29) is 5.91 Å². The topological polar surface area (TPSA) is 75.5 Å². The zero-order chi connectivity index (χ0) is 26.9. The Morgan fingerprint density at radius 1 is 1.05 bits per heavy atom. The van der Waals surface area contributed by atoms with Crippen molar-refractivity contribution in [3.63, 3.8) is 0 Å². The normalized spacial score (nSPS) is 14.1. The number of carbonyl (C=O) groups is 1. The van der Waals surface area contributed by atoms with Gasteiger partial charge in [0.2, 0.25) is 0 Å². The number of nitrogens with zero attached hydrogens (tertiary/aromatic N) is 5. The third kappa shape index (κ3) is 7.18. The van der Waals surface area contributed by atoms with Gasteiger partial charge in [-0.1, -0.05) is 60.0 Å². The third-order valence-electron chi connectivity index (χ3n) is 6.86. The average Bonchev–Trinajstić information content (AvgIpc) is 3.33. The summed E-state index contributed by atoms with van der Waals surface area (Å²) in [5.74, 6) is 0.660. The first-order valence-electron chi connectivity index (χ1n) is 13.2. The van der Waals surface area contributed by atoms with Crippen molar-refractivity contribution in [3.05, 3.63) is 69.5 Å². The van der Waals surface area contributed by atoms with E-state index in [0.29, 0.717) is 28.8 Å². The van der Waals surface area contributed by atoms with Crippen molar-refractivity contribution in [1.29, 1.82) is 0 Å². The Kier molecular flexibility index (Phi) is 10.3. The zero-order valence-corrected chi connectivity index (χ0v) is 23.6. The summed E-state index contributed by atoms with van der Waals surface area (Å²) in [6, 6.07) is 13.6. The second-order valence-electron chi connectivity index (χ2n) is 9.51. The summed E-state index contributed by atoms with van der Waals surface area (Å²) in [5.41, 5.74) is 3.39. The van der Waals surface area contributed by atoms with Crippen LogP contribution in [-0.2, 0) is 13.0 Å². The molecule has 0 atom stereocenters. The minimum atomic E-state index is -0.151. The van der Waals surface area contributed by atoms with Gasteiger partial charge < -0.3 is 15.0 Å². The monoisotopic (exact) mass is 558 g/mol. The molecule has 1 amide bonds. The summed E-state index contributed by atoms with van der Waals surface area (Å²) < 4.78 is 7.06. The summed E-state index contributed by atoms with van der Waals surface area (Å²) in [5, 5.41) is 12.8. The van der Waals surface area contributed by atoms with Gasteiger partial charge in [0, 0.05) is 32.7 Å². The number of benzene rings is 2. The number of nitrogens with one attached hydrogen (secondary N) is 1. The molecule has 0 spiro atoms. The summed E-state index contributed by atoms with van der Waals surface area (Å²) in [6.45, 7) is 8.08. The van der Waals surface area contributed by atoms with Crippen LogP contribution in [0.25, 0.3) is 0 Å². The molecule has 204 valence electrons. The van der Waals surface area contributed by atoms with Crippen molar-refractivity contribution in [2.75, 3.05) is 51.3 Å². The lowest BCUT2D eigenvalue weighted by molar-refractivity contribution is 0.0946. The van der Waals surface area contributed by atoms with Crippen LogP contribution in [0.5, 0.6) is 5.75 Å². The van der Waals surface area contributed by atoms with Gasteiger partial charge in [0.15, 0.2) is 5.69 Å². The van der Waals surface area contributed by atoms with Crippen LogP contribution in [-0.4, -0.2) is 72.2 Å². The number of halogens is 2. The van der Waals surface area contributed by atoms with Gasteiger partial charge >= 0.3 is 0 Å². The maximum Gasteiger partial charge on any atom is 0.273 e. The Labute approximate surface area is 234 Å². The fourth-order valence-corrected chi connectivity index (χ4v) is 5.13. The first-order valence-corrected chi connectivity index (χ1v) is 14.0. The Hall–Kier alpha value is -2.81. The van der Waals surface area contributed by atoms with E-state index in [1.165, 1.54) is 0 Å². The van der Waals surface area contributed by atoms with Crippen molar-refractivity contribution >= 4 is 34.8 Å². The van der Waals surface area contributed by atoms with Gasteiger partial charge in [-0.3, -0.25) is 9.69 Å². The minimum Gasteiger partial charge on any atom is -0.497 e. The number of methoxy groups -OCH3 is 1. The van der Waals surface area contributed by atoms with E-state index in [4.69, 9.17) is 27.9 Å². The molecule has 1 fully saturated rings. The fourth-order valence-electron chi connectivity index (χ4n) is 4.72. The van der Waals surface area contributed by atoms with Gasteiger partial charge in [-0.05, 0) is 55.6 Å². The molecule has 8 nitrogen and oxygen atoms in total. The predicted molar refractivity (Wildman–Crippen MR) is 153 cm³/mol. The van der Waals surface area contributed by atoms with Crippen LogP contribution in [0.2, 0.25) is 10.0 Å². The van der Waals surface area contributed by atoms with E-state index in [1.54, 1.807) is 7.11 Å². The molecule has 2 heterocycles. The predicted octanol–water partition coefficient (Wildman–Crippen LogP) is 4.93. The van der Waals surface area contributed by atoms with Crippen LogP contribution in [0.4, 0.5) is 5.69 Å². The molecule has 0 saturated carbocycles. The smallest absolute Gasteiger partial charge is 0.273 e. The van der Waals surface area contributed by atoms with E-state index in [0.717, 1.165) is 81.1 Å². The fraction of sp³-hybridized carbons (Fsp3) is 0.464. The summed E-state index contributed by atoms with van der Waals surface area (Å²) >= 11 is 12.6.